The fourth-order valence-electron chi connectivity index (χ4n) is 1.90. The summed E-state index contributed by atoms with van der Waals surface area (Å²) < 4.78 is 26.5. The summed E-state index contributed by atoms with van der Waals surface area (Å²) in [6.07, 6.45) is 0. The van der Waals surface area contributed by atoms with E-state index in [0.717, 1.165) is 5.56 Å². The minimum Gasteiger partial charge on any atom is -0.324 e. The van der Waals surface area contributed by atoms with E-state index in [1.54, 1.807) is 24.3 Å². The molecule has 1 aromatic carbocycles. The first-order valence-corrected chi connectivity index (χ1v) is 8.08. The number of rotatable bonds is 6. The molecule has 0 aliphatic rings. The van der Waals surface area contributed by atoms with Crippen LogP contribution >= 0.6 is 0 Å². The molecular weight excluding hydrogens is 260 g/mol. The predicted octanol–water partition coefficient (Wildman–Crippen LogP) is 2.37. The van der Waals surface area contributed by atoms with Crippen molar-refractivity contribution in [3.05, 3.63) is 29.8 Å². The molecule has 5 heteroatoms. The molecule has 4 nitrogen and oxygen atoms in total. The molecule has 0 saturated heterocycles. The van der Waals surface area contributed by atoms with Crippen LogP contribution in [0.3, 0.4) is 0 Å². The Labute approximate surface area is 116 Å². The highest BCUT2D eigenvalue weighted by Gasteiger charge is 2.23. The Morgan fingerprint density at radius 3 is 2.05 bits per heavy atom. The molecule has 0 spiro atoms. The van der Waals surface area contributed by atoms with E-state index < -0.39 is 10.0 Å². The zero-order chi connectivity index (χ0) is 14.6. The molecule has 1 unspecified atom stereocenters. The zero-order valence-electron chi connectivity index (χ0n) is 12.1. The quantitative estimate of drug-likeness (QED) is 0.872. The van der Waals surface area contributed by atoms with Crippen molar-refractivity contribution >= 4 is 10.0 Å². The Hall–Kier alpha value is -0.910. The minimum absolute atomic E-state index is 0.0882. The third-order valence-corrected chi connectivity index (χ3v) is 4.92. The molecule has 0 aliphatic carbocycles. The fraction of sp³-hybridized carbons (Fsp3) is 0.571. The Morgan fingerprint density at radius 1 is 1.16 bits per heavy atom. The highest BCUT2D eigenvalue weighted by molar-refractivity contribution is 7.89. The summed E-state index contributed by atoms with van der Waals surface area (Å²) in [5.41, 5.74) is 6.70. The molecule has 1 aromatic rings. The normalized spacial score (nSPS) is 14.1. The van der Waals surface area contributed by atoms with E-state index in [1.807, 2.05) is 27.7 Å². The van der Waals surface area contributed by atoms with Crippen LogP contribution in [0.2, 0.25) is 0 Å². The highest BCUT2D eigenvalue weighted by Crippen LogP contribution is 2.19. The van der Waals surface area contributed by atoms with E-state index in [0.29, 0.717) is 23.9 Å². The zero-order valence-corrected chi connectivity index (χ0v) is 12.9. The van der Waals surface area contributed by atoms with Gasteiger partial charge in [0.2, 0.25) is 10.0 Å². The molecule has 19 heavy (non-hydrogen) atoms. The second-order valence-electron chi connectivity index (χ2n) is 5.21. The van der Waals surface area contributed by atoms with Crippen LogP contribution in [0, 0.1) is 5.92 Å². The van der Waals surface area contributed by atoms with Crippen LogP contribution in [-0.2, 0) is 10.0 Å². The van der Waals surface area contributed by atoms with Gasteiger partial charge in [-0.3, -0.25) is 0 Å². The molecule has 0 radical (unpaired) electrons. The van der Waals surface area contributed by atoms with E-state index in [-0.39, 0.29) is 6.04 Å². The van der Waals surface area contributed by atoms with Crippen molar-refractivity contribution in [3.63, 3.8) is 0 Å². The third kappa shape index (κ3) is 4.03. The van der Waals surface area contributed by atoms with Gasteiger partial charge in [0.15, 0.2) is 0 Å². The number of nitrogens with two attached hydrogens (primary N) is 1. The number of nitrogens with zero attached hydrogens (tertiary/aromatic N) is 1. The van der Waals surface area contributed by atoms with Crippen molar-refractivity contribution in [3.8, 4) is 0 Å². The highest BCUT2D eigenvalue weighted by atomic mass is 32.2. The lowest BCUT2D eigenvalue weighted by atomic mass is 10.1. The van der Waals surface area contributed by atoms with E-state index in [9.17, 15) is 8.42 Å². The van der Waals surface area contributed by atoms with Crippen molar-refractivity contribution in [1.82, 2.24) is 4.31 Å². The second-order valence-corrected chi connectivity index (χ2v) is 7.15. The Kier molecular flexibility index (Phi) is 5.52. The molecule has 0 aromatic heterocycles. The van der Waals surface area contributed by atoms with Gasteiger partial charge in [0.05, 0.1) is 4.90 Å². The van der Waals surface area contributed by atoms with E-state index in [4.69, 9.17) is 5.73 Å². The van der Waals surface area contributed by atoms with E-state index >= 15 is 0 Å². The van der Waals surface area contributed by atoms with Gasteiger partial charge >= 0.3 is 0 Å². The first kappa shape index (κ1) is 16.1. The van der Waals surface area contributed by atoms with Gasteiger partial charge in [-0.05, 0) is 30.5 Å². The summed E-state index contributed by atoms with van der Waals surface area (Å²) >= 11 is 0. The summed E-state index contributed by atoms with van der Waals surface area (Å²) in [5.74, 6) is 0.304. The van der Waals surface area contributed by atoms with Crippen molar-refractivity contribution in [2.45, 2.75) is 38.6 Å². The summed E-state index contributed by atoms with van der Waals surface area (Å²) in [6, 6.07) is 6.74. The van der Waals surface area contributed by atoms with Gasteiger partial charge in [-0.2, -0.15) is 4.31 Å². The smallest absolute Gasteiger partial charge is 0.243 e. The lowest BCUT2D eigenvalue weighted by molar-refractivity contribution is 0.381. The first-order valence-electron chi connectivity index (χ1n) is 6.64. The molecule has 0 heterocycles. The van der Waals surface area contributed by atoms with Crippen LogP contribution in [0.25, 0.3) is 0 Å². The molecule has 0 saturated carbocycles. The predicted molar refractivity (Wildman–Crippen MR) is 78.3 cm³/mol. The molecule has 1 rings (SSSR count). The lowest BCUT2D eigenvalue weighted by Gasteiger charge is -2.22. The SMILES string of the molecule is CCN(CC(C)C)S(=O)(=O)c1ccc(C(C)N)cc1. The van der Waals surface area contributed by atoms with E-state index in [1.165, 1.54) is 4.31 Å². The molecule has 0 bridgehead atoms. The molecule has 0 aliphatic heterocycles. The van der Waals surface area contributed by atoms with Crippen LogP contribution in [0.5, 0.6) is 0 Å². The molecule has 108 valence electrons. The molecule has 2 N–H and O–H groups in total. The van der Waals surface area contributed by atoms with Crippen LogP contribution in [0.1, 0.15) is 39.3 Å². The van der Waals surface area contributed by atoms with E-state index in [2.05, 4.69) is 0 Å². The van der Waals surface area contributed by atoms with Crippen LogP contribution in [0.15, 0.2) is 29.2 Å². The van der Waals surface area contributed by atoms with Gasteiger partial charge in [-0.15, -0.1) is 0 Å². The van der Waals surface area contributed by atoms with Gasteiger partial charge in [-0.25, -0.2) is 8.42 Å². The average molecular weight is 284 g/mol. The number of hydrogen-bond donors (Lipinski definition) is 1. The molecule has 1 atom stereocenters. The summed E-state index contributed by atoms with van der Waals surface area (Å²) in [7, 11) is -3.40. The van der Waals surface area contributed by atoms with Crippen molar-refractivity contribution < 1.29 is 8.42 Å². The first-order chi connectivity index (χ1) is 8.78. The number of sulfonamides is 1. The Morgan fingerprint density at radius 2 is 1.68 bits per heavy atom. The van der Waals surface area contributed by atoms with Crippen LogP contribution in [-0.4, -0.2) is 25.8 Å². The fourth-order valence-corrected chi connectivity index (χ4v) is 3.51. The molecule has 0 fully saturated rings. The largest absolute Gasteiger partial charge is 0.324 e. The summed E-state index contributed by atoms with van der Waals surface area (Å²) in [5, 5.41) is 0. The van der Waals surface area contributed by atoms with Gasteiger partial charge in [0, 0.05) is 19.1 Å². The maximum absolute atomic E-state index is 12.5. The van der Waals surface area contributed by atoms with Gasteiger partial charge in [-0.1, -0.05) is 32.9 Å². The minimum atomic E-state index is -3.40. The standard InChI is InChI=1S/C14H24N2O2S/c1-5-16(10-11(2)3)19(17,18)14-8-6-13(7-9-14)12(4)15/h6-9,11-12H,5,10,15H2,1-4H3. The van der Waals surface area contributed by atoms with Crippen molar-refractivity contribution in [1.29, 1.82) is 0 Å². The van der Waals surface area contributed by atoms with Crippen LogP contribution < -0.4 is 5.73 Å². The maximum atomic E-state index is 12.5. The monoisotopic (exact) mass is 284 g/mol. The van der Waals surface area contributed by atoms with Crippen LogP contribution in [0.4, 0.5) is 0 Å². The average Bonchev–Trinajstić information content (AvgIpc) is 2.35. The number of benzene rings is 1. The summed E-state index contributed by atoms with van der Waals surface area (Å²) in [4.78, 5) is 0.333. The lowest BCUT2D eigenvalue weighted by Crippen LogP contribution is -2.34. The molecule has 0 amide bonds. The number of hydrogen-bond acceptors (Lipinski definition) is 3. The molecular formula is C14H24N2O2S. The van der Waals surface area contributed by atoms with Crippen molar-refractivity contribution in [2.24, 2.45) is 11.7 Å². The van der Waals surface area contributed by atoms with Gasteiger partial charge in [0.25, 0.3) is 0 Å². The second kappa shape index (κ2) is 6.50. The van der Waals surface area contributed by atoms with Crippen molar-refractivity contribution in [2.75, 3.05) is 13.1 Å². The van der Waals surface area contributed by atoms with Gasteiger partial charge < -0.3 is 5.73 Å². The Bertz CT molecular complexity index is 493. The summed E-state index contributed by atoms with van der Waals surface area (Å²) in [6.45, 7) is 8.77. The topological polar surface area (TPSA) is 63.4 Å². The third-order valence-electron chi connectivity index (χ3n) is 2.97. The maximum Gasteiger partial charge on any atom is 0.243 e. The Balaban J connectivity index is 3.04. The van der Waals surface area contributed by atoms with Gasteiger partial charge in [0.1, 0.15) is 0 Å².